The lowest BCUT2D eigenvalue weighted by atomic mass is 9.81. The molecule has 0 N–H and O–H groups in total. The molecule has 4 unspecified atom stereocenters. The highest BCUT2D eigenvalue weighted by atomic mass is 32.1. The lowest BCUT2D eigenvalue weighted by Gasteiger charge is -2.36. The van der Waals surface area contributed by atoms with Crippen LogP contribution in [0, 0.1) is 23.7 Å². The van der Waals surface area contributed by atoms with Crippen molar-refractivity contribution in [2.24, 2.45) is 33.7 Å². The lowest BCUT2D eigenvalue weighted by molar-refractivity contribution is -0.120. The first-order valence-electron chi connectivity index (χ1n) is 17.1. The molecule has 4 atom stereocenters. The minimum Gasteiger partial charge on any atom is -0.482 e. The number of Topliss-reactive ketones (excluding diaryl/α,β-unsaturated/α-hetero) is 4. The van der Waals surface area contributed by atoms with Crippen molar-refractivity contribution < 1.29 is 28.7 Å². The van der Waals surface area contributed by atoms with Crippen molar-refractivity contribution in [2.45, 2.75) is 90.3 Å². The minimum atomic E-state index is -0.687. The zero-order valence-corrected chi connectivity index (χ0v) is 29.1. The van der Waals surface area contributed by atoms with E-state index in [0.29, 0.717) is 21.5 Å². The second-order valence-electron chi connectivity index (χ2n) is 15.1. The van der Waals surface area contributed by atoms with Crippen molar-refractivity contribution in [1.82, 2.24) is 0 Å². The van der Waals surface area contributed by atoms with E-state index in [2.05, 4.69) is 0 Å². The van der Waals surface area contributed by atoms with Crippen LogP contribution < -0.4 is 9.47 Å². The number of ether oxygens (including phenoxy) is 2. The fraction of sp³-hybridized carbons (Fsp3) is 0.474. The van der Waals surface area contributed by atoms with Gasteiger partial charge in [0.2, 0.25) is 0 Å². The van der Waals surface area contributed by atoms with Crippen molar-refractivity contribution in [1.29, 1.82) is 0 Å². The highest BCUT2D eigenvalue weighted by molar-refractivity contribution is 7.20. The molecule has 3 aromatic rings. The van der Waals surface area contributed by atoms with E-state index in [-0.39, 0.29) is 58.2 Å². The van der Waals surface area contributed by atoms with Crippen LogP contribution in [0.2, 0.25) is 0 Å². The number of nitrogens with zero attached hydrogens (tertiary/aromatic N) is 2. The molecule has 8 nitrogen and oxygen atoms in total. The Bertz CT molecular complexity index is 1860. The van der Waals surface area contributed by atoms with E-state index in [1.54, 1.807) is 0 Å². The molecular weight excluding hydrogens is 645 g/mol. The van der Waals surface area contributed by atoms with Gasteiger partial charge in [0.1, 0.15) is 32.7 Å². The summed E-state index contributed by atoms with van der Waals surface area (Å²) >= 11 is 2.93. The summed E-state index contributed by atoms with van der Waals surface area (Å²) in [5.74, 6) is 0.115. The largest absolute Gasteiger partial charge is 0.482 e. The fourth-order valence-corrected chi connectivity index (χ4v) is 11.2. The Labute approximate surface area is 286 Å². The van der Waals surface area contributed by atoms with Crippen LogP contribution in [0.15, 0.2) is 34.3 Å². The maximum Gasteiger partial charge on any atom is 0.188 e. The third-order valence-corrected chi connectivity index (χ3v) is 13.4. The Morgan fingerprint density at radius 2 is 0.896 bits per heavy atom. The van der Waals surface area contributed by atoms with Gasteiger partial charge in [-0.1, -0.05) is 25.7 Å². The van der Waals surface area contributed by atoms with E-state index in [4.69, 9.17) is 19.5 Å². The van der Waals surface area contributed by atoms with Gasteiger partial charge in [0.05, 0.1) is 0 Å². The standard InChI is InChI=1S/C38H36N2O6S2/c1-37(2)23-15-27(39-29-31(41)17-9-5-6-10-18(17)32(29)42)47-35(23)21-14-26-22(13-25(21)45-37)36-24(38(3,4)46-26)16-28(48-36)40-30-33(43)19-11-7-8-12-20(19)34(30)44/h13-20H,5-12H2,1-4H3. The number of aliphatic imine (C=N–C) groups is 2. The summed E-state index contributed by atoms with van der Waals surface area (Å²) < 4.78 is 13.3. The minimum absolute atomic E-state index is 0.101. The first-order chi connectivity index (χ1) is 22.9. The fourth-order valence-electron chi connectivity index (χ4n) is 8.81. The third-order valence-electron chi connectivity index (χ3n) is 11.3. The van der Waals surface area contributed by atoms with Gasteiger partial charge in [0.15, 0.2) is 34.6 Å². The van der Waals surface area contributed by atoms with Crippen LogP contribution in [0.4, 0.5) is 10.0 Å². The highest BCUT2D eigenvalue weighted by Gasteiger charge is 2.49. The summed E-state index contributed by atoms with van der Waals surface area (Å²) in [6.45, 7) is 8.04. The maximum atomic E-state index is 13.2. The predicted molar refractivity (Wildman–Crippen MR) is 185 cm³/mol. The van der Waals surface area contributed by atoms with Gasteiger partial charge >= 0.3 is 0 Å². The number of thiophene rings is 2. The SMILES string of the molecule is CC1(C)Oc2cc3c(cc2-c2sc(N=C4C(=O)C5CCCCC5C4=O)cc21)OC(C)(C)c1cc(N=C2C(=O)C4CCCCC4C2=O)sc1-3. The molecule has 0 amide bonds. The molecule has 4 fully saturated rings. The van der Waals surface area contributed by atoms with E-state index >= 15 is 0 Å². The smallest absolute Gasteiger partial charge is 0.188 e. The van der Waals surface area contributed by atoms with Crippen LogP contribution >= 0.6 is 22.7 Å². The van der Waals surface area contributed by atoms with Gasteiger partial charge < -0.3 is 9.47 Å². The molecule has 4 heterocycles. The van der Waals surface area contributed by atoms with Gasteiger partial charge in [-0.15, -0.1) is 22.7 Å². The topological polar surface area (TPSA) is 111 Å². The van der Waals surface area contributed by atoms with Gasteiger partial charge in [-0.25, -0.2) is 9.98 Å². The van der Waals surface area contributed by atoms with Gasteiger partial charge in [-0.3, -0.25) is 19.2 Å². The molecule has 10 heteroatoms. The van der Waals surface area contributed by atoms with Gasteiger partial charge in [-0.2, -0.15) is 0 Å². The highest BCUT2D eigenvalue weighted by Crippen LogP contribution is 2.58. The van der Waals surface area contributed by atoms with Crippen LogP contribution in [-0.2, 0) is 30.4 Å². The zero-order chi connectivity index (χ0) is 33.3. The lowest BCUT2D eigenvalue weighted by Crippen LogP contribution is -2.30. The molecule has 0 radical (unpaired) electrons. The molecule has 4 aliphatic carbocycles. The number of carbonyl (C=O) groups excluding carboxylic acids is 4. The van der Waals surface area contributed by atoms with Crippen LogP contribution in [0.1, 0.15) is 90.2 Å². The molecule has 2 aromatic heterocycles. The monoisotopic (exact) mass is 680 g/mol. The van der Waals surface area contributed by atoms with E-state index in [0.717, 1.165) is 83.4 Å². The summed E-state index contributed by atoms with van der Waals surface area (Å²) in [5, 5.41) is 1.25. The summed E-state index contributed by atoms with van der Waals surface area (Å²) in [6.07, 6.45) is 6.99. The van der Waals surface area contributed by atoms with Gasteiger partial charge in [0, 0.05) is 55.7 Å². The molecule has 0 saturated heterocycles. The summed E-state index contributed by atoms with van der Waals surface area (Å²) in [7, 11) is 0. The molecule has 246 valence electrons. The average Bonchev–Trinajstić information content (AvgIpc) is 3.80. The number of carbonyl (C=O) groups is 4. The first kappa shape index (κ1) is 30.3. The first-order valence-corrected chi connectivity index (χ1v) is 18.7. The van der Waals surface area contributed by atoms with Gasteiger partial charge in [0.25, 0.3) is 0 Å². The summed E-state index contributed by atoms with van der Waals surface area (Å²) in [5.41, 5.74) is 2.48. The molecule has 4 saturated carbocycles. The Hall–Kier alpha value is -3.76. The second kappa shape index (κ2) is 10.4. The Morgan fingerprint density at radius 3 is 1.23 bits per heavy atom. The van der Waals surface area contributed by atoms with Crippen LogP contribution in [-0.4, -0.2) is 34.6 Å². The number of benzene rings is 1. The number of hydrogen-bond donors (Lipinski definition) is 0. The quantitative estimate of drug-likeness (QED) is 0.269. The van der Waals surface area contributed by atoms with Crippen LogP contribution in [0.3, 0.4) is 0 Å². The molecule has 0 bridgehead atoms. The third kappa shape index (κ3) is 4.37. The van der Waals surface area contributed by atoms with E-state index < -0.39 is 11.2 Å². The number of rotatable bonds is 2. The van der Waals surface area contributed by atoms with E-state index in [1.165, 1.54) is 22.7 Å². The molecule has 6 aliphatic rings. The van der Waals surface area contributed by atoms with Crippen LogP contribution in [0.5, 0.6) is 11.5 Å². The molecule has 0 spiro atoms. The van der Waals surface area contributed by atoms with Crippen molar-refractivity contribution >= 4 is 67.2 Å². The predicted octanol–water partition coefficient (Wildman–Crippen LogP) is 8.46. The molecule has 48 heavy (non-hydrogen) atoms. The summed E-state index contributed by atoms with van der Waals surface area (Å²) in [6, 6.07) is 7.93. The van der Waals surface area contributed by atoms with E-state index in [1.807, 2.05) is 52.0 Å². The Kier molecular flexibility index (Phi) is 6.55. The van der Waals surface area contributed by atoms with E-state index in [9.17, 15) is 19.2 Å². The number of fused-ring (bicyclic) bond motifs is 8. The zero-order valence-electron chi connectivity index (χ0n) is 27.4. The average molecular weight is 681 g/mol. The Balaban J connectivity index is 1.10. The van der Waals surface area contributed by atoms with Crippen molar-refractivity contribution in [3.63, 3.8) is 0 Å². The molecular formula is C38H36N2O6S2. The van der Waals surface area contributed by atoms with Crippen LogP contribution in [0.25, 0.3) is 20.9 Å². The molecule has 1 aromatic carbocycles. The molecule has 2 aliphatic heterocycles. The Morgan fingerprint density at radius 1 is 0.562 bits per heavy atom. The van der Waals surface area contributed by atoms with Crippen molar-refractivity contribution in [3.05, 3.63) is 35.4 Å². The summed E-state index contributed by atoms with van der Waals surface area (Å²) in [4.78, 5) is 64.2. The molecule has 9 rings (SSSR count). The number of hydrogen-bond acceptors (Lipinski definition) is 10. The normalized spacial score (nSPS) is 27.7. The van der Waals surface area contributed by atoms with Crippen molar-refractivity contribution in [3.8, 4) is 32.4 Å². The second-order valence-corrected chi connectivity index (χ2v) is 17.2. The maximum absolute atomic E-state index is 13.2. The van der Waals surface area contributed by atoms with Gasteiger partial charge in [-0.05, 0) is 77.6 Å². The number of ketones is 4. The van der Waals surface area contributed by atoms with Crippen molar-refractivity contribution in [2.75, 3.05) is 0 Å².